The maximum absolute atomic E-state index is 12.7. The fourth-order valence-corrected chi connectivity index (χ4v) is 4.71. The number of benzene rings is 2. The molecule has 4 rings (SSSR count). The van der Waals surface area contributed by atoms with E-state index in [1.807, 2.05) is 25.6 Å². The molecular formula is C25H33N5O+2. The molecule has 1 aliphatic rings. The fraction of sp³-hybridized carbons (Fsp3) is 0.360. The summed E-state index contributed by atoms with van der Waals surface area (Å²) in [5, 5.41) is 7.47. The minimum Gasteiger partial charge on any atom is -0.318 e. The molecule has 0 spiro atoms. The molecule has 0 bridgehead atoms. The number of aromatic nitrogens is 2. The minimum atomic E-state index is 0.0697. The van der Waals surface area contributed by atoms with Crippen LogP contribution in [0.1, 0.15) is 28.6 Å². The molecule has 3 aromatic rings. The van der Waals surface area contributed by atoms with E-state index in [2.05, 4.69) is 71.1 Å². The van der Waals surface area contributed by atoms with Crippen molar-refractivity contribution in [2.24, 2.45) is 7.05 Å². The molecule has 6 nitrogen and oxygen atoms in total. The van der Waals surface area contributed by atoms with Crippen molar-refractivity contribution in [1.82, 2.24) is 9.78 Å². The molecule has 162 valence electrons. The van der Waals surface area contributed by atoms with E-state index in [1.54, 1.807) is 4.90 Å². The van der Waals surface area contributed by atoms with Crippen LogP contribution in [-0.2, 0) is 11.8 Å². The number of hydrogen-bond acceptors (Lipinski definition) is 2. The summed E-state index contributed by atoms with van der Waals surface area (Å²) < 4.78 is 1.81. The van der Waals surface area contributed by atoms with Crippen LogP contribution in [-0.4, -0.2) is 48.4 Å². The number of carbonyl (C=O) groups excluding carboxylic acids is 1. The van der Waals surface area contributed by atoms with Gasteiger partial charge < -0.3 is 15.1 Å². The quantitative estimate of drug-likeness (QED) is 0.547. The Kier molecular flexibility index (Phi) is 6.49. The maximum Gasteiger partial charge on any atom is 0.279 e. The smallest absolute Gasteiger partial charge is 0.279 e. The van der Waals surface area contributed by atoms with Gasteiger partial charge in [-0.3, -0.25) is 9.48 Å². The van der Waals surface area contributed by atoms with Crippen molar-refractivity contribution in [1.29, 1.82) is 0 Å². The lowest BCUT2D eigenvalue weighted by atomic mass is 9.96. The number of aryl methyl sites for hydroxylation is 2. The second-order valence-electron chi connectivity index (χ2n) is 8.56. The molecule has 3 N–H and O–H groups in total. The van der Waals surface area contributed by atoms with Crippen LogP contribution >= 0.6 is 0 Å². The van der Waals surface area contributed by atoms with Crippen LogP contribution in [0.5, 0.6) is 0 Å². The second-order valence-corrected chi connectivity index (χ2v) is 8.56. The molecule has 0 atom stereocenters. The lowest BCUT2D eigenvalue weighted by molar-refractivity contribution is -1.02. The largest absolute Gasteiger partial charge is 0.318 e. The van der Waals surface area contributed by atoms with Crippen LogP contribution in [0.15, 0.2) is 60.7 Å². The number of nitrogens with one attached hydrogen (secondary N) is 3. The topological polar surface area (TPSA) is 55.8 Å². The molecule has 2 aromatic carbocycles. The van der Waals surface area contributed by atoms with Crippen LogP contribution in [0.25, 0.3) is 0 Å². The molecule has 1 aliphatic heterocycles. The average Bonchev–Trinajstić information content (AvgIpc) is 3.02. The highest BCUT2D eigenvalue weighted by atomic mass is 16.2. The van der Waals surface area contributed by atoms with Crippen molar-refractivity contribution in [3.63, 3.8) is 0 Å². The fourth-order valence-electron chi connectivity index (χ4n) is 4.71. The van der Waals surface area contributed by atoms with Gasteiger partial charge in [0.05, 0.1) is 17.1 Å². The lowest BCUT2D eigenvalue weighted by Crippen LogP contribution is -3.28. The van der Waals surface area contributed by atoms with E-state index >= 15 is 0 Å². The maximum atomic E-state index is 12.7. The van der Waals surface area contributed by atoms with Crippen molar-refractivity contribution < 1.29 is 14.6 Å². The summed E-state index contributed by atoms with van der Waals surface area (Å²) in [4.78, 5) is 15.6. The van der Waals surface area contributed by atoms with Gasteiger partial charge in [0.1, 0.15) is 32.2 Å². The molecule has 2 heterocycles. The third-order valence-corrected chi connectivity index (χ3v) is 6.46. The number of carbonyl (C=O) groups is 1. The number of amides is 1. The first-order chi connectivity index (χ1) is 15.0. The highest BCUT2D eigenvalue weighted by Gasteiger charge is 2.32. The Balaban J connectivity index is 1.39. The summed E-state index contributed by atoms with van der Waals surface area (Å²) >= 11 is 0. The number of piperazine rings is 1. The molecule has 1 fully saturated rings. The van der Waals surface area contributed by atoms with Crippen molar-refractivity contribution in [3.8, 4) is 0 Å². The SMILES string of the molecule is Cc1nn(C)c(C)c1NC(=O)C[NH+]1CC[NH+](C(c2ccccc2)c2ccccc2)CC1. The zero-order valence-corrected chi connectivity index (χ0v) is 18.7. The number of quaternary nitrogens is 2. The molecule has 1 amide bonds. The van der Waals surface area contributed by atoms with Crippen molar-refractivity contribution in [2.75, 3.05) is 38.0 Å². The lowest BCUT2D eigenvalue weighted by Gasteiger charge is -2.34. The first kappa shape index (κ1) is 21.3. The van der Waals surface area contributed by atoms with Gasteiger partial charge in [-0.05, 0) is 13.8 Å². The highest BCUT2D eigenvalue weighted by Crippen LogP contribution is 2.19. The Bertz CT molecular complexity index is 968. The van der Waals surface area contributed by atoms with Gasteiger partial charge in [0.2, 0.25) is 0 Å². The Morgan fingerprint density at radius 3 is 2.00 bits per heavy atom. The van der Waals surface area contributed by atoms with Gasteiger partial charge >= 0.3 is 0 Å². The van der Waals surface area contributed by atoms with E-state index < -0.39 is 0 Å². The summed E-state index contributed by atoms with van der Waals surface area (Å²) in [6, 6.07) is 21.9. The molecule has 0 saturated carbocycles. The average molecular weight is 420 g/mol. The third-order valence-electron chi connectivity index (χ3n) is 6.46. The molecular weight excluding hydrogens is 386 g/mol. The van der Waals surface area contributed by atoms with Gasteiger partial charge in [-0.2, -0.15) is 5.10 Å². The predicted molar refractivity (Wildman–Crippen MR) is 122 cm³/mol. The predicted octanol–water partition coefficient (Wildman–Crippen LogP) is 0.548. The molecule has 6 heteroatoms. The van der Waals surface area contributed by atoms with E-state index in [0.717, 1.165) is 43.3 Å². The number of anilines is 1. The van der Waals surface area contributed by atoms with Crippen LogP contribution in [0.2, 0.25) is 0 Å². The summed E-state index contributed by atoms with van der Waals surface area (Å²) in [5.74, 6) is 0.0697. The highest BCUT2D eigenvalue weighted by molar-refractivity contribution is 5.92. The molecule has 0 radical (unpaired) electrons. The summed E-state index contributed by atoms with van der Waals surface area (Å²) in [7, 11) is 1.90. The Morgan fingerprint density at radius 2 is 1.52 bits per heavy atom. The number of rotatable bonds is 6. The number of hydrogen-bond donors (Lipinski definition) is 3. The molecule has 0 aliphatic carbocycles. The van der Waals surface area contributed by atoms with Crippen molar-refractivity contribution >= 4 is 11.6 Å². The molecule has 1 saturated heterocycles. The van der Waals surface area contributed by atoms with E-state index in [-0.39, 0.29) is 5.91 Å². The summed E-state index contributed by atoms with van der Waals surface area (Å²) in [5.41, 5.74) is 5.42. The van der Waals surface area contributed by atoms with Gasteiger partial charge in [-0.1, -0.05) is 60.7 Å². The Morgan fingerprint density at radius 1 is 0.968 bits per heavy atom. The third kappa shape index (κ3) is 4.86. The standard InChI is InChI=1S/C25H31N5O/c1-19-24(20(2)28(3)27-19)26-23(31)18-29-14-16-30(17-15-29)25(21-10-6-4-7-11-21)22-12-8-5-9-13-22/h4-13,25H,14-18H2,1-3H3,(H,26,31)/p+2. The normalized spacial score (nSPS) is 18.8. The molecule has 0 unspecified atom stereocenters. The van der Waals surface area contributed by atoms with E-state index in [4.69, 9.17) is 0 Å². The van der Waals surface area contributed by atoms with Crippen LogP contribution < -0.4 is 15.1 Å². The minimum absolute atomic E-state index is 0.0697. The second kappa shape index (κ2) is 9.45. The first-order valence-corrected chi connectivity index (χ1v) is 11.1. The van der Waals surface area contributed by atoms with Crippen molar-refractivity contribution in [3.05, 3.63) is 83.2 Å². The number of nitrogens with zero attached hydrogens (tertiary/aromatic N) is 2. The van der Waals surface area contributed by atoms with Gasteiger partial charge in [0.25, 0.3) is 5.91 Å². The van der Waals surface area contributed by atoms with Crippen LogP contribution in [0, 0.1) is 13.8 Å². The van der Waals surface area contributed by atoms with E-state index in [1.165, 1.54) is 16.0 Å². The van der Waals surface area contributed by atoms with E-state index in [0.29, 0.717) is 12.6 Å². The van der Waals surface area contributed by atoms with Gasteiger partial charge in [-0.15, -0.1) is 0 Å². The zero-order chi connectivity index (χ0) is 21.8. The molecule has 1 aromatic heterocycles. The zero-order valence-electron chi connectivity index (χ0n) is 18.7. The van der Waals surface area contributed by atoms with Crippen LogP contribution in [0.4, 0.5) is 5.69 Å². The van der Waals surface area contributed by atoms with Crippen LogP contribution in [0.3, 0.4) is 0 Å². The summed E-state index contributed by atoms with van der Waals surface area (Å²) in [6.07, 6.45) is 0. The van der Waals surface area contributed by atoms with Gasteiger partial charge in [0.15, 0.2) is 6.54 Å². The first-order valence-electron chi connectivity index (χ1n) is 11.1. The Labute approximate surface area is 184 Å². The van der Waals surface area contributed by atoms with E-state index in [9.17, 15) is 4.79 Å². The molecule has 31 heavy (non-hydrogen) atoms. The Hall–Kier alpha value is -2.96. The monoisotopic (exact) mass is 419 g/mol. The summed E-state index contributed by atoms with van der Waals surface area (Å²) in [6.45, 7) is 8.49. The van der Waals surface area contributed by atoms with Gasteiger partial charge in [0, 0.05) is 18.2 Å². The van der Waals surface area contributed by atoms with Crippen molar-refractivity contribution in [2.45, 2.75) is 19.9 Å². The van der Waals surface area contributed by atoms with Gasteiger partial charge in [-0.25, -0.2) is 0 Å².